The van der Waals surface area contributed by atoms with Gasteiger partial charge >= 0.3 is 0 Å². The van der Waals surface area contributed by atoms with Crippen LogP contribution in [0.2, 0.25) is 0 Å². The Bertz CT molecular complexity index is 1430. The summed E-state index contributed by atoms with van der Waals surface area (Å²) in [5.41, 5.74) is 2.69. The zero-order valence-electron chi connectivity index (χ0n) is 18.5. The molecule has 2 heterocycles. The third kappa shape index (κ3) is 4.35. The van der Waals surface area contributed by atoms with Crippen molar-refractivity contribution in [2.75, 3.05) is 10.2 Å². The van der Waals surface area contributed by atoms with Crippen LogP contribution in [-0.2, 0) is 6.54 Å². The highest BCUT2D eigenvalue weighted by atomic mass is 16.2. The van der Waals surface area contributed by atoms with Crippen molar-refractivity contribution < 1.29 is 23.7 Å². The summed E-state index contributed by atoms with van der Waals surface area (Å²) in [6.45, 7) is 0.0570. The summed E-state index contributed by atoms with van der Waals surface area (Å²) < 4.78 is 1.68. The number of hydrogen-bond acceptors (Lipinski definition) is 4. The van der Waals surface area contributed by atoms with E-state index < -0.39 is 0 Å². The van der Waals surface area contributed by atoms with Gasteiger partial charge in [0.1, 0.15) is 5.69 Å². The summed E-state index contributed by atoms with van der Waals surface area (Å²) in [5.74, 6) is -1.15. The molecule has 0 fully saturated rings. The Labute approximate surface area is 201 Å². The molecule has 4 aromatic rings. The van der Waals surface area contributed by atoms with Gasteiger partial charge in [-0.05, 0) is 54.6 Å². The number of anilines is 2. The first-order valence-electron chi connectivity index (χ1n) is 11.0. The molecule has 1 aliphatic rings. The standard InChI is InChI=1S/C28H19N3O4/c32-25(18-30-16-6-9-21(17-30)29-26(33)20-7-2-1-3-8-20)19-12-14-22(15-13-19)31-27(34)23-10-4-5-11-24(23)28(31)35/h1-17H,18H2/p+1. The Morgan fingerprint density at radius 2 is 1.34 bits per heavy atom. The van der Waals surface area contributed by atoms with E-state index in [0.717, 1.165) is 4.90 Å². The molecule has 0 radical (unpaired) electrons. The second kappa shape index (κ2) is 9.15. The van der Waals surface area contributed by atoms with Crippen LogP contribution in [0.3, 0.4) is 0 Å². The Balaban J connectivity index is 1.27. The van der Waals surface area contributed by atoms with Crippen LogP contribution < -0.4 is 14.8 Å². The maximum Gasteiger partial charge on any atom is 0.266 e. The van der Waals surface area contributed by atoms with E-state index in [1.54, 1.807) is 102 Å². The van der Waals surface area contributed by atoms with E-state index in [9.17, 15) is 19.2 Å². The highest BCUT2D eigenvalue weighted by molar-refractivity contribution is 6.34. The average molecular weight is 462 g/mol. The lowest BCUT2D eigenvalue weighted by Crippen LogP contribution is -2.37. The van der Waals surface area contributed by atoms with Gasteiger partial charge in [-0.25, -0.2) is 4.90 Å². The summed E-state index contributed by atoms with van der Waals surface area (Å²) >= 11 is 0. The summed E-state index contributed by atoms with van der Waals surface area (Å²) in [6.07, 6.45) is 3.43. The fourth-order valence-corrected chi connectivity index (χ4v) is 3.96. The summed E-state index contributed by atoms with van der Waals surface area (Å²) in [6, 6.07) is 25.4. The number of carbonyl (C=O) groups excluding carboxylic acids is 4. The molecule has 1 aliphatic heterocycles. The number of fused-ring (bicyclic) bond motifs is 1. The Morgan fingerprint density at radius 1 is 0.714 bits per heavy atom. The molecule has 0 spiro atoms. The van der Waals surface area contributed by atoms with E-state index in [1.165, 1.54) is 0 Å². The summed E-state index contributed by atoms with van der Waals surface area (Å²) in [7, 11) is 0. The van der Waals surface area contributed by atoms with Crippen molar-refractivity contribution >= 4 is 34.9 Å². The van der Waals surface area contributed by atoms with Crippen LogP contribution in [0.15, 0.2) is 103 Å². The number of nitrogens with one attached hydrogen (secondary N) is 1. The molecular formula is C28H20N3O4+. The van der Waals surface area contributed by atoms with Gasteiger partial charge in [0.2, 0.25) is 12.3 Å². The van der Waals surface area contributed by atoms with Crippen LogP contribution >= 0.6 is 0 Å². The molecule has 0 bridgehead atoms. The number of aromatic nitrogens is 1. The first kappa shape index (κ1) is 21.9. The van der Waals surface area contributed by atoms with Crippen molar-refractivity contribution in [2.45, 2.75) is 6.54 Å². The lowest BCUT2D eigenvalue weighted by Gasteiger charge is -2.14. The number of amides is 3. The van der Waals surface area contributed by atoms with Gasteiger partial charge in [-0.3, -0.25) is 19.2 Å². The van der Waals surface area contributed by atoms with Crippen molar-refractivity contribution in [3.63, 3.8) is 0 Å². The zero-order chi connectivity index (χ0) is 24.4. The van der Waals surface area contributed by atoms with Gasteiger partial charge in [0.25, 0.3) is 17.7 Å². The second-order valence-corrected chi connectivity index (χ2v) is 8.05. The van der Waals surface area contributed by atoms with Crippen molar-refractivity contribution in [3.8, 4) is 0 Å². The predicted molar refractivity (Wildman–Crippen MR) is 129 cm³/mol. The summed E-state index contributed by atoms with van der Waals surface area (Å²) in [5, 5.41) is 2.83. The van der Waals surface area contributed by atoms with Gasteiger partial charge < -0.3 is 5.32 Å². The average Bonchev–Trinajstić information content (AvgIpc) is 3.14. The number of Topliss-reactive ketones (excluding diaryl/α,β-unsaturated/α-hetero) is 1. The van der Waals surface area contributed by atoms with Crippen molar-refractivity contribution in [1.29, 1.82) is 0 Å². The molecule has 0 atom stereocenters. The third-order valence-corrected chi connectivity index (χ3v) is 5.72. The van der Waals surface area contributed by atoms with E-state index in [0.29, 0.717) is 33.6 Å². The van der Waals surface area contributed by atoms with Gasteiger partial charge in [-0.1, -0.05) is 30.3 Å². The fraction of sp³-hybridized carbons (Fsp3) is 0.0357. The molecule has 35 heavy (non-hydrogen) atoms. The van der Waals surface area contributed by atoms with Gasteiger partial charge in [0.15, 0.2) is 12.4 Å². The highest BCUT2D eigenvalue weighted by Crippen LogP contribution is 2.28. The molecule has 5 rings (SSSR count). The normalized spacial score (nSPS) is 12.4. The minimum atomic E-state index is -0.380. The Morgan fingerprint density at radius 3 is 2.00 bits per heavy atom. The molecule has 1 aromatic heterocycles. The van der Waals surface area contributed by atoms with Crippen LogP contribution in [0.25, 0.3) is 0 Å². The quantitative estimate of drug-likeness (QED) is 0.267. The Kier molecular flexibility index (Phi) is 5.73. The van der Waals surface area contributed by atoms with E-state index in [4.69, 9.17) is 0 Å². The number of carbonyl (C=O) groups is 4. The van der Waals surface area contributed by atoms with Crippen LogP contribution in [0, 0.1) is 0 Å². The van der Waals surface area contributed by atoms with Gasteiger partial charge in [-0.15, -0.1) is 0 Å². The number of ketones is 1. The first-order valence-corrected chi connectivity index (χ1v) is 11.0. The molecule has 0 saturated carbocycles. The number of pyridine rings is 1. The third-order valence-electron chi connectivity index (χ3n) is 5.72. The maximum absolute atomic E-state index is 12.9. The lowest BCUT2D eigenvalue weighted by atomic mass is 10.1. The van der Waals surface area contributed by atoms with Crippen LogP contribution in [0.4, 0.5) is 11.4 Å². The van der Waals surface area contributed by atoms with E-state index >= 15 is 0 Å². The van der Waals surface area contributed by atoms with E-state index in [2.05, 4.69) is 5.32 Å². The number of rotatable bonds is 6. The molecule has 0 aliphatic carbocycles. The van der Waals surface area contributed by atoms with Crippen molar-refractivity contribution in [3.05, 3.63) is 126 Å². The zero-order valence-corrected chi connectivity index (χ0v) is 18.5. The second-order valence-electron chi connectivity index (χ2n) is 8.05. The van der Waals surface area contributed by atoms with Gasteiger partial charge in [0.05, 0.1) is 16.8 Å². The molecule has 7 heteroatoms. The first-order chi connectivity index (χ1) is 17.0. The highest BCUT2D eigenvalue weighted by Gasteiger charge is 2.36. The fourth-order valence-electron chi connectivity index (χ4n) is 3.96. The summed E-state index contributed by atoms with van der Waals surface area (Å²) in [4.78, 5) is 51.7. The van der Waals surface area contributed by atoms with Gasteiger partial charge in [0, 0.05) is 17.2 Å². The topological polar surface area (TPSA) is 87.4 Å². The van der Waals surface area contributed by atoms with E-state index in [1.807, 2.05) is 6.07 Å². The number of imide groups is 1. The van der Waals surface area contributed by atoms with Crippen LogP contribution in [0.1, 0.15) is 41.4 Å². The van der Waals surface area contributed by atoms with Crippen LogP contribution in [-0.4, -0.2) is 23.5 Å². The SMILES string of the molecule is O=C(C[n+]1cccc(NC(=O)c2ccccc2)c1)c1ccc(N2C(=O)c3ccccc3C2=O)cc1. The molecular weight excluding hydrogens is 442 g/mol. The molecule has 0 unspecified atom stereocenters. The van der Waals surface area contributed by atoms with Crippen molar-refractivity contribution in [1.82, 2.24) is 0 Å². The number of hydrogen-bond donors (Lipinski definition) is 1. The molecule has 170 valence electrons. The van der Waals surface area contributed by atoms with E-state index in [-0.39, 0.29) is 30.0 Å². The minimum Gasteiger partial charge on any atom is -0.317 e. The molecule has 7 nitrogen and oxygen atoms in total. The number of benzene rings is 3. The van der Waals surface area contributed by atoms with Gasteiger partial charge in [-0.2, -0.15) is 4.57 Å². The lowest BCUT2D eigenvalue weighted by molar-refractivity contribution is -0.682. The minimum absolute atomic E-state index is 0.0570. The monoisotopic (exact) mass is 462 g/mol. The largest absolute Gasteiger partial charge is 0.317 e. The molecule has 1 N–H and O–H groups in total. The maximum atomic E-state index is 12.9. The molecule has 3 aromatic carbocycles. The smallest absolute Gasteiger partial charge is 0.266 e. The predicted octanol–water partition coefficient (Wildman–Crippen LogP) is 3.91. The molecule has 3 amide bonds. The number of nitrogens with zero attached hydrogens (tertiary/aromatic N) is 2. The van der Waals surface area contributed by atoms with Crippen LogP contribution in [0.5, 0.6) is 0 Å². The molecule has 0 saturated heterocycles. The Hall–Kier alpha value is -4.91. The van der Waals surface area contributed by atoms with Crippen molar-refractivity contribution in [2.24, 2.45) is 0 Å².